The molecule has 96 valence electrons. The van der Waals surface area contributed by atoms with Crippen LogP contribution in [0.15, 0.2) is 11.5 Å². The van der Waals surface area contributed by atoms with Crippen molar-refractivity contribution in [2.75, 3.05) is 19.4 Å². The van der Waals surface area contributed by atoms with Crippen molar-refractivity contribution in [1.29, 1.82) is 0 Å². The Balaban J connectivity index is 2.59. The first kappa shape index (κ1) is 14.0. The monoisotopic (exact) mass is 258 g/mol. The van der Waals surface area contributed by atoms with Crippen molar-refractivity contribution < 1.29 is 9.53 Å². The molecule has 0 aliphatic rings. The number of methoxy groups -OCH3 is 1. The number of hydrogen-bond donors (Lipinski definition) is 2. The van der Waals surface area contributed by atoms with Crippen molar-refractivity contribution in [2.45, 2.75) is 31.0 Å². The SMILES string of the molecule is CCCNC(C)(CSc1ncn[nH]1)C(=O)OC. The molecule has 0 saturated carbocycles. The molecule has 1 heterocycles. The van der Waals surface area contributed by atoms with Gasteiger partial charge >= 0.3 is 5.97 Å². The first-order valence-corrected chi connectivity index (χ1v) is 6.42. The van der Waals surface area contributed by atoms with Crippen molar-refractivity contribution in [2.24, 2.45) is 0 Å². The standard InChI is InChI=1S/C10H18N4O2S/c1-4-5-12-10(2,8(15)16-3)6-17-9-11-7-13-14-9/h7,12H,4-6H2,1-3H3,(H,11,13,14). The first-order chi connectivity index (χ1) is 8.12. The summed E-state index contributed by atoms with van der Waals surface area (Å²) in [5, 5.41) is 10.4. The molecule has 0 amide bonds. The number of carbonyl (C=O) groups is 1. The molecule has 17 heavy (non-hydrogen) atoms. The molecule has 1 atom stereocenters. The summed E-state index contributed by atoms with van der Waals surface area (Å²) in [6.07, 6.45) is 2.40. The van der Waals surface area contributed by atoms with Gasteiger partial charge in [-0.15, -0.1) is 0 Å². The molecule has 0 saturated heterocycles. The fourth-order valence-electron chi connectivity index (χ4n) is 1.28. The summed E-state index contributed by atoms with van der Waals surface area (Å²) in [7, 11) is 1.40. The van der Waals surface area contributed by atoms with E-state index in [-0.39, 0.29) is 5.97 Å². The Morgan fingerprint density at radius 3 is 3.00 bits per heavy atom. The number of ether oxygens (including phenoxy) is 1. The lowest BCUT2D eigenvalue weighted by Crippen LogP contribution is -2.52. The van der Waals surface area contributed by atoms with E-state index in [9.17, 15) is 4.79 Å². The smallest absolute Gasteiger partial charge is 0.326 e. The fourth-order valence-corrected chi connectivity index (χ4v) is 2.17. The van der Waals surface area contributed by atoms with Crippen molar-refractivity contribution >= 4 is 17.7 Å². The molecule has 0 aliphatic carbocycles. The summed E-state index contributed by atoms with van der Waals surface area (Å²) in [6, 6.07) is 0. The number of esters is 1. The normalized spacial score (nSPS) is 14.3. The number of hydrogen-bond acceptors (Lipinski definition) is 6. The van der Waals surface area contributed by atoms with Gasteiger partial charge in [-0.2, -0.15) is 5.10 Å². The Bertz CT molecular complexity index is 344. The third kappa shape index (κ3) is 4.01. The summed E-state index contributed by atoms with van der Waals surface area (Å²) >= 11 is 1.44. The van der Waals surface area contributed by atoms with Gasteiger partial charge < -0.3 is 10.1 Å². The molecular formula is C10H18N4O2S. The molecule has 1 aromatic rings. The average Bonchev–Trinajstić information content (AvgIpc) is 2.86. The Hall–Kier alpha value is -1.08. The lowest BCUT2D eigenvalue weighted by Gasteiger charge is -2.27. The molecular weight excluding hydrogens is 240 g/mol. The van der Waals surface area contributed by atoms with E-state index in [0.29, 0.717) is 10.9 Å². The first-order valence-electron chi connectivity index (χ1n) is 5.44. The van der Waals surface area contributed by atoms with Gasteiger partial charge in [0.25, 0.3) is 0 Å². The van der Waals surface area contributed by atoms with Gasteiger partial charge in [0, 0.05) is 5.75 Å². The van der Waals surface area contributed by atoms with E-state index in [1.807, 2.05) is 13.8 Å². The molecule has 0 radical (unpaired) electrons. The highest BCUT2D eigenvalue weighted by atomic mass is 32.2. The molecule has 0 spiro atoms. The van der Waals surface area contributed by atoms with E-state index in [4.69, 9.17) is 4.74 Å². The lowest BCUT2D eigenvalue weighted by atomic mass is 10.1. The zero-order valence-corrected chi connectivity index (χ0v) is 11.1. The van der Waals surface area contributed by atoms with Crippen LogP contribution in [-0.4, -0.2) is 46.1 Å². The maximum Gasteiger partial charge on any atom is 0.326 e. The third-order valence-electron chi connectivity index (χ3n) is 2.29. The molecule has 1 rings (SSSR count). The van der Waals surface area contributed by atoms with E-state index in [0.717, 1.165) is 13.0 Å². The minimum Gasteiger partial charge on any atom is -0.468 e. The van der Waals surface area contributed by atoms with Gasteiger partial charge in [0.1, 0.15) is 11.9 Å². The third-order valence-corrected chi connectivity index (χ3v) is 3.48. The molecule has 1 unspecified atom stereocenters. The van der Waals surface area contributed by atoms with Crippen LogP contribution < -0.4 is 5.32 Å². The van der Waals surface area contributed by atoms with Crippen molar-refractivity contribution in [3.05, 3.63) is 6.33 Å². The predicted molar refractivity (Wildman–Crippen MR) is 65.8 cm³/mol. The summed E-state index contributed by atoms with van der Waals surface area (Å²) < 4.78 is 4.82. The molecule has 7 heteroatoms. The van der Waals surface area contributed by atoms with Crippen LogP contribution in [0.5, 0.6) is 0 Å². The van der Waals surface area contributed by atoms with Gasteiger partial charge in [-0.1, -0.05) is 18.7 Å². The van der Waals surface area contributed by atoms with Crippen LogP contribution >= 0.6 is 11.8 Å². The quantitative estimate of drug-likeness (QED) is 0.557. The number of carbonyl (C=O) groups excluding carboxylic acids is 1. The van der Waals surface area contributed by atoms with E-state index in [2.05, 4.69) is 20.5 Å². The Labute approximate surface area is 105 Å². The summed E-state index contributed by atoms with van der Waals surface area (Å²) in [4.78, 5) is 15.8. The highest BCUT2D eigenvalue weighted by molar-refractivity contribution is 7.99. The Morgan fingerprint density at radius 1 is 1.71 bits per heavy atom. The number of aromatic amines is 1. The number of thioether (sulfide) groups is 1. The van der Waals surface area contributed by atoms with Gasteiger partial charge in [0.2, 0.25) is 0 Å². The zero-order chi connectivity index (χ0) is 12.7. The minimum absolute atomic E-state index is 0.266. The number of rotatable bonds is 7. The van der Waals surface area contributed by atoms with E-state index >= 15 is 0 Å². The van der Waals surface area contributed by atoms with Gasteiger partial charge in [-0.3, -0.25) is 9.89 Å². The Kier molecular flexibility index (Phi) is 5.43. The molecule has 1 aromatic heterocycles. The molecule has 0 fully saturated rings. The van der Waals surface area contributed by atoms with Crippen LogP contribution in [0, 0.1) is 0 Å². The fraction of sp³-hybridized carbons (Fsp3) is 0.700. The van der Waals surface area contributed by atoms with Crippen LogP contribution in [0.1, 0.15) is 20.3 Å². The second-order valence-corrected chi connectivity index (χ2v) is 4.79. The van der Waals surface area contributed by atoms with E-state index in [1.54, 1.807) is 0 Å². The lowest BCUT2D eigenvalue weighted by molar-refractivity contribution is -0.146. The van der Waals surface area contributed by atoms with E-state index < -0.39 is 5.54 Å². The second-order valence-electron chi connectivity index (χ2n) is 3.83. The summed E-state index contributed by atoms with van der Waals surface area (Å²) in [6.45, 7) is 4.65. The predicted octanol–water partition coefficient (Wildman–Crippen LogP) is 0.828. The van der Waals surface area contributed by atoms with Crippen LogP contribution in [0.25, 0.3) is 0 Å². The zero-order valence-electron chi connectivity index (χ0n) is 10.3. The maximum absolute atomic E-state index is 11.8. The second kappa shape index (κ2) is 6.61. The van der Waals surface area contributed by atoms with E-state index in [1.165, 1.54) is 25.2 Å². The number of H-pyrrole nitrogens is 1. The summed E-state index contributed by atoms with van der Waals surface area (Å²) in [5.41, 5.74) is -0.706. The van der Waals surface area contributed by atoms with Gasteiger partial charge in [0.15, 0.2) is 5.16 Å². The largest absolute Gasteiger partial charge is 0.468 e. The van der Waals surface area contributed by atoms with Crippen LogP contribution in [0.3, 0.4) is 0 Å². The molecule has 0 bridgehead atoms. The average molecular weight is 258 g/mol. The molecule has 6 nitrogen and oxygen atoms in total. The van der Waals surface area contributed by atoms with Gasteiger partial charge in [-0.05, 0) is 19.9 Å². The van der Waals surface area contributed by atoms with Crippen molar-refractivity contribution in [1.82, 2.24) is 20.5 Å². The van der Waals surface area contributed by atoms with Gasteiger partial charge in [-0.25, -0.2) is 4.98 Å². The number of nitrogens with zero attached hydrogens (tertiary/aromatic N) is 2. The molecule has 0 aromatic carbocycles. The van der Waals surface area contributed by atoms with Crippen molar-refractivity contribution in [3.8, 4) is 0 Å². The van der Waals surface area contributed by atoms with Crippen LogP contribution in [0.2, 0.25) is 0 Å². The Morgan fingerprint density at radius 2 is 2.47 bits per heavy atom. The maximum atomic E-state index is 11.8. The summed E-state index contributed by atoms with van der Waals surface area (Å²) in [5.74, 6) is 0.271. The highest BCUT2D eigenvalue weighted by Crippen LogP contribution is 2.19. The number of nitrogens with one attached hydrogen (secondary N) is 2. The number of aromatic nitrogens is 3. The molecule has 2 N–H and O–H groups in total. The topological polar surface area (TPSA) is 79.9 Å². The highest BCUT2D eigenvalue weighted by Gasteiger charge is 2.34. The molecule has 0 aliphatic heterocycles. The van der Waals surface area contributed by atoms with Crippen LogP contribution in [0.4, 0.5) is 0 Å². The minimum atomic E-state index is -0.706. The van der Waals surface area contributed by atoms with Gasteiger partial charge in [0.05, 0.1) is 7.11 Å². The van der Waals surface area contributed by atoms with Crippen molar-refractivity contribution in [3.63, 3.8) is 0 Å². The van der Waals surface area contributed by atoms with Crippen LogP contribution in [-0.2, 0) is 9.53 Å².